The van der Waals surface area contributed by atoms with Gasteiger partial charge in [-0.15, -0.1) is 0 Å². The summed E-state index contributed by atoms with van der Waals surface area (Å²) in [7, 11) is 0. The zero-order valence-corrected chi connectivity index (χ0v) is 20.5. The SMILES string of the molecule is CCc1ccc(OCC(=O)NC(=S)NNC(=O)C(C)Oc2ccc(Cl)cc2Cl)c(Br)c1. The van der Waals surface area contributed by atoms with Crippen molar-refractivity contribution in [1.29, 1.82) is 0 Å². The van der Waals surface area contributed by atoms with Crippen molar-refractivity contribution in [2.45, 2.75) is 26.4 Å². The number of amides is 2. The molecule has 0 saturated heterocycles. The third kappa shape index (κ3) is 8.17. The highest BCUT2D eigenvalue weighted by Crippen LogP contribution is 2.28. The van der Waals surface area contributed by atoms with E-state index in [1.165, 1.54) is 13.0 Å². The van der Waals surface area contributed by atoms with E-state index in [9.17, 15) is 9.59 Å². The van der Waals surface area contributed by atoms with Gasteiger partial charge in [-0.05, 0) is 77.4 Å². The van der Waals surface area contributed by atoms with E-state index in [1.807, 2.05) is 19.1 Å². The second-order valence-corrected chi connectivity index (χ2v) is 8.34. The summed E-state index contributed by atoms with van der Waals surface area (Å²) in [5, 5.41) is 3.03. The molecule has 2 aromatic carbocycles. The number of thiocarbonyl (C=S) groups is 1. The highest BCUT2D eigenvalue weighted by atomic mass is 79.9. The predicted molar refractivity (Wildman–Crippen MR) is 128 cm³/mol. The van der Waals surface area contributed by atoms with Crippen molar-refractivity contribution >= 4 is 68.3 Å². The predicted octanol–water partition coefficient (Wildman–Crippen LogP) is 4.19. The summed E-state index contributed by atoms with van der Waals surface area (Å²) in [6.07, 6.45) is -0.00187. The summed E-state index contributed by atoms with van der Waals surface area (Å²) >= 11 is 20.2. The highest BCUT2D eigenvalue weighted by molar-refractivity contribution is 9.10. The second-order valence-electron chi connectivity index (χ2n) is 6.23. The molecule has 0 bridgehead atoms. The molecule has 3 N–H and O–H groups in total. The van der Waals surface area contributed by atoms with Crippen molar-refractivity contribution in [3.05, 3.63) is 56.5 Å². The molecule has 0 aliphatic heterocycles. The molecule has 166 valence electrons. The van der Waals surface area contributed by atoms with Gasteiger partial charge in [-0.2, -0.15) is 0 Å². The van der Waals surface area contributed by atoms with Gasteiger partial charge >= 0.3 is 0 Å². The number of hydrogen-bond acceptors (Lipinski definition) is 5. The highest BCUT2D eigenvalue weighted by Gasteiger charge is 2.17. The molecule has 31 heavy (non-hydrogen) atoms. The van der Waals surface area contributed by atoms with Crippen LogP contribution in [0.5, 0.6) is 11.5 Å². The number of benzene rings is 2. The molecule has 2 amide bonds. The van der Waals surface area contributed by atoms with E-state index in [1.54, 1.807) is 18.2 Å². The van der Waals surface area contributed by atoms with Gasteiger partial charge in [0.15, 0.2) is 17.8 Å². The smallest absolute Gasteiger partial charge is 0.279 e. The second kappa shape index (κ2) is 12.1. The summed E-state index contributed by atoms with van der Waals surface area (Å²) in [5.74, 6) is -0.180. The van der Waals surface area contributed by atoms with E-state index < -0.39 is 17.9 Å². The Labute approximate surface area is 203 Å². The number of hydrogen-bond donors (Lipinski definition) is 3. The van der Waals surface area contributed by atoms with E-state index in [-0.39, 0.29) is 16.7 Å². The van der Waals surface area contributed by atoms with Gasteiger partial charge in [-0.3, -0.25) is 25.8 Å². The molecule has 2 aromatic rings. The third-order valence-electron chi connectivity index (χ3n) is 3.88. The number of nitrogens with one attached hydrogen (secondary N) is 3. The molecule has 0 aromatic heterocycles. The molecule has 7 nitrogen and oxygen atoms in total. The van der Waals surface area contributed by atoms with Crippen LogP contribution in [0.25, 0.3) is 0 Å². The fourth-order valence-corrected chi connectivity index (χ4v) is 3.41. The van der Waals surface area contributed by atoms with Gasteiger partial charge in [0.1, 0.15) is 11.5 Å². The van der Waals surface area contributed by atoms with Gasteiger partial charge in [-0.25, -0.2) is 0 Å². The zero-order valence-electron chi connectivity index (χ0n) is 16.6. The first-order chi connectivity index (χ1) is 14.7. The van der Waals surface area contributed by atoms with E-state index >= 15 is 0 Å². The molecule has 0 aliphatic rings. The van der Waals surface area contributed by atoms with Crippen molar-refractivity contribution in [3.63, 3.8) is 0 Å². The molecule has 0 radical (unpaired) electrons. The first kappa shape index (κ1) is 25.2. The van der Waals surface area contributed by atoms with Crippen molar-refractivity contribution in [2.75, 3.05) is 6.61 Å². The summed E-state index contributed by atoms with van der Waals surface area (Å²) in [4.78, 5) is 24.2. The van der Waals surface area contributed by atoms with Crippen molar-refractivity contribution in [2.24, 2.45) is 0 Å². The summed E-state index contributed by atoms with van der Waals surface area (Å²) < 4.78 is 11.7. The van der Waals surface area contributed by atoms with Crippen molar-refractivity contribution in [3.8, 4) is 11.5 Å². The lowest BCUT2D eigenvalue weighted by Crippen LogP contribution is -2.52. The van der Waals surface area contributed by atoms with Crippen LogP contribution in [-0.4, -0.2) is 29.6 Å². The number of hydrazine groups is 1. The van der Waals surface area contributed by atoms with Gasteiger partial charge in [0.05, 0.1) is 9.50 Å². The molecule has 2 rings (SSSR count). The minimum Gasteiger partial charge on any atom is -0.483 e. The molecular formula is C20H20BrCl2N3O4S. The first-order valence-electron chi connectivity index (χ1n) is 9.12. The number of halogens is 3. The molecule has 0 heterocycles. The number of carbonyl (C=O) groups is 2. The maximum absolute atomic E-state index is 12.1. The molecule has 0 saturated carbocycles. The Morgan fingerprint density at radius 1 is 1.13 bits per heavy atom. The van der Waals surface area contributed by atoms with Crippen LogP contribution in [0.1, 0.15) is 19.4 Å². The largest absolute Gasteiger partial charge is 0.483 e. The average Bonchev–Trinajstić information content (AvgIpc) is 2.72. The Morgan fingerprint density at radius 3 is 2.48 bits per heavy atom. The monoisotopic (exact) mass is 547 g/mol. The fraction of sp³-hybridized carbons (Fsp3) is 0.250. The Balaban J connectivity index is 1.75. The maximum atomic E-state index is 12.1. The quantitative estimate of drug-likeness (QED) is 0.355. The van der Waals surface area contributed by atoms with Crippen molar-refractivity contribution in [1.82, 2.24) is 16.2 Å². The van der Waals surface area contributed by atoms with Gasteiger partial charge in [0.25, 0.3) is 11.8 Å². The van der Waals surface area contributed by atoms with Crippen LogP contribution in [0.4, 0.5) is 0 Å². The molecular weight excluding hydrogens is 529 g/mol. The number of carbonyl (C=O) groups excluding carboxylic acids is 2. The van der Waals surface area contributed by atoms with E-state index in [0.717, 1.165) is 16.5 Å². The minimum absolute atomic E-state index is 0.0981. The molecule has 1 atom stereocenters. The van der Waals surface area contributed by atoms with Crippen LogP contribution in [0.2, 0.25) is 10.0 Å². The van der Waals surface area contributed by atoms with Gasteiger partial charge in [0.2, 0.25) is 0 Å². The topological polar surface area (TPSA) is 88.7 Å². The number of ether oxygens (including phenoxy) is 2. The lowest BCUT2D eigenvalue weighted by Gasteiger charge is -2.17. The van der Waals surface area contributed by atoms with Crippen LogP contribution < -0.4 is 25.6 Å². The molecule has 11 heteroatoms. The maximum Gasteiger partial charge on any atom is 0.279 e. The molecule has 1 unspecified atom stereocenters. The standard InChI is InChI=1S/C20H20BrCl2N3O4S/c1-3-12-4-6-16(14(21)8-12)29-10-18(27)24-20(31)26-25-19(28)11(2)30-17-7-5-13(22)9-15(17)23/h4-9,11H,3,10H2,1-2H3,(H,25,28)(H2,24,26,27,31). The van der Waals surface area contributed by atoms with E-state index in [0.29, 0.717) is 16.5 Å². The normalized spacial score (nSPS) is 11.3. The van der Waals surface area contributed by atoms with Crippen molar-refractivity contribution < 1.29 is 19.1 Å². The number of aryl methyl sites for hydroxylation is 1. The Hall–Kier alpha value is -2.07. The molecule has 0 fully saturated rings. The summed E-state index contributed by atoms with van der Waals surface area (Å²) in [6, 6.07) is 10.3. The van der Waals surface area contributed by atoms with Crippen LogP contribution in [0, 0.1) is 0 Å². The van der Waals surface area contributed by atoms with Gasteiger partial charge in [0, 0.05) is 5.02 Å². The fourth-order valence-electron chi connectivity index (χ4n) is 2.25. The summed E-state index contributed by atoms with van der Waals surface area (Å²) in [6.45, 7) is 3.32. The van der Waals surface area contributed by atoms with E-state index in [2.05, 4.69) is 32.1 Å². The third-order valence-corrected chi connectivity index (χ3v) is 5.24. The summed E-state index contributed by atoms with van der Waals surface area (Å²) in [5.41, 5.74) is 5.92. The number of rotatable bonds is 7. The van der Waals surface area contributed by atoms with Gasteiger partial charge < -0.3 is 9.47 Å². The Morgan fingerprint density at radius 2 is 1.84 bits per heavy atom. The minimum atomic E-state index is -0.892. The lowest BCUT2D eigenvalue weighted by atomic mass is 10.2. The van der Waals surface area contributed by atoms with Gasteiger partial charge in [-0.1, -0.05) is 36.2 Å². The van der Waals surface area contributed by atoms with Crippen LogP contribution in [0.3, 0.4) is 0 Å². The Bertz CT molecular complexity index is 977. The Kier molecular flexibility index (Phi) is 9.83. The molecule has 0 spiro atoms. The average molecular weight is 549 g/mol. The zero-order chi connectivity index (χ0) is 23.0. The molecule has 0 aliphatic carbocycles. The van der Waals surface area contributed by atoms with Crippen LogP contribution in [-0.2, 0) is 16.0 Å². The first-order valence-corrected chi connectivity index (χ1v) is 11.1. The van der Waals surface area contributed by atoms with Crippen LogP contribution in [0.15, 0.2) is 40.9 Å². The van der Waals surface area contributed by atoms with E-state index in [4.69, 9.17) is 44.9 Å². The van der Waals surface area contributed by atoms with Crippen LogP contribution >= 0.6 is 51.3 Å². The lowest BCUT2D eigenvalue weighted by molar-refractivity contribution is -0.128.